The summed E-state index contributed by atoms with van der Waals surface area (Å²) in [7, 11) is 1.69. The second-order valence-corrected chi connectivity index (χ2v) is 6.44. The third kappa shape index (κ3) is 4.28. The van der Waals surface area contributed by atoms with Gasteiger partial charge in [0.05, 0.1) is 19.3 Å². The molecule has 138 valence electrons. The first-order valence-electron chi connectivity index (χ1n) is 9.20. The van der Waals surface area contributed by atoms with E-state index in [2.05, 4.69) is 35.3 Å². The third-order valence-electron chi connectivity index (χ3n) is 4.86. The molecule has 0 aliphatic carbocycles. The van der Waals surface area contributed by atoms with Gasteiger partial charge in [-0.25, -0.2) is 0 Å². The topological polar surface area (TPSA) is 44.8 Å². The minimum atomic E-state index is 0.143. The zero-order chi connectivity index (χ0) is 18.4. The van der Waals surface area contributed by atoms with E-state index in [0.29, 0.717) is 6.54 Å². The van der Waals surface area contributed by atoms with Crippen LogP contribution in [-0.4, -0.2) is 50.6 Å². The van der Waals surface area contributed by atoms with E-state index in [1.165, 1.54) is 5.56 Å². The number of hydrogen-bond donors (Lipinski definition) is 1. The molecule has 0 atom stereocenters. The normalized spacial score (nSPS) is 14.2. The Morgan fingerprint density at radius 1 is 1.04 bits per heavy atom. The number of carbonyl (C=O) groups is 1. The van der Waals surface area contributed by atoms with Crippen molar-refractivity contribution in [2.75, 3.05) is 50.1 Å². The number of anilines is 2. The fourth-order valence-electron chi connectivity index (χ4n) is 3.24. The molecule has 2 aromatic carbocycles. The Kier molecular flexibility index (Phi) is 6.00. The van der Waals surface area contributed by atoms with Gasteiger partial charge in [-0.05, 0) is 36.2 Å². The molecule has 0 unspecified atom stereocenters. The van der Waals surface area contributed by atoms with Crippen LogP contribution in [0.25, 0.3) is 0 Å². The van der Waals surface area contributed by atoms with E-state index < -0.39 is 0 Å². The largest absolute Gasteiger partial charge is 0.495 e. The van der Waals surface area contributed by atoms with Crippen molar-refractivity contribution < 1.29 is 9.53 Å². The summed E-state index contributed by atoms with van der Waals surface area (Å²) in [6.45, 7) is 5.56. The van der Waals surface area contributed by atoms with Gasteiger partial charge in [0.25, 0.3) is 0 Å². The number of rotatable bonds is 6. The van der Waals surface area contributed by atoms with Crippen molar-refractivity contribution in [3.63, 3.8) is 0 Å². The highest BCUT2D eigenvalue weighted by Gasteiger charge is 2.22. The predicted octanol–water partition coefficient (Wildman–Crippen LogP) is 3.02. The van der Waals surface area contributed by atoms with Crippen LogP contribution in [0, 0.1) is 0 Å². The van der Waals surface area contributed by atoms with Gasteiger partial charge in [0.1, 0.15) is 5.75 Å². The summed E-state index contributed by atoms with van der Waals surface area (Å²) in [6.07, 6.45) is 1.02. The summed E-state index contributed by atoms with van der Waals surface area (Å²) >= 11 is 0. The van der Waals surface area contributed by atoms with Gasteiger partial charge in [0.2, 0.25) is 5.91 Å². The van der Waals surface area contributed by atoms with E-state index in [4.69, 9.17) is 4.74 Å². The standard InChI is InChI=1S/C21H27N3O2/c1-3-17-8-10-18(11-9-17)22-16-21(25)24-14-12-23(13-15-24)19-6-4-5-7-20(19)26-2/h4-11,22H,3,12-16H2,1-2H3. The molecular formula is C21H27N3O2. The van der Waals surface area contributed by atoms with Gasteiger partial charge in [0, 0.05) is 31.9 Å². The Labute approximate surface area is 155 Å². The van der Waals surface area contributed by atoms with Gasteiger partial charge in [-0.15, -0.1) is 0 Å². The van der Waals surface area contributed by atoms with Gasteiger partial charge in [-0.1, -0.05) is 31.2 Å². The number of nitrogens with zero attached hydrogens (tertiary/aromatic N) is 2. The molecule has 5 nitrogen and oxygen atoms in total. The summed E-state index contributed by atoms with van der Waals surface area (Å²) in [6, 6.07) is 16.3. The Morgan fingerprint density at radius 2 is 1.73 bits per heavy atom. The molecule has 1 N–H and O–H groups in total. The molecule has 0 radical (unpaired) electrons. The maximum Gasteiger partial charge on any atom is 0.241 e. The van der Waals surface area contributed by atoms with Gasteiger partial charge in [-0.2, -0.15) is 0 Å². The highest BCUT2D eigenvalue weighted by Crippen LogP contribution is 2.28. The van der Waals surface area contributed by atoms with Crippen molar-refractivity contribution >= 4 is 17.3 Å². The maximum atomic E-state index is 12.5. The maximum absolute atomic E-state index is 12.5. The molecule has 1 aliphatic heterocycles. The minimum absolute atomic E-state index is 0.143. The van der Waals surface area contributed by atoms with Crippen LogP contribution < -0.4 is 15.0 Å². The number of methoxy groups -OCH3 is 1. The smallest absolute Gasteiger partial charge is 0.241 e. The molecule has 1 fully saturated rings. The van der Waals surface area contributed by atoms with E-state index in [9.17, 15) is 4.79 Å². The number of carbonyl (C=O) groups excluding carboxylic acids is 1. The Hall–Kier alpha value is -2.69. The summed E-state index contributed by atoms with van der Waals surface area (Å²) < 4.78 is 5.44. The van der Waals surface area contributed by atoms with Crippen molar-refractivity contribution in [1.29, 1.82) is 0 Å². The van der Waals surface area contributed by atoms with Gasteiger partial charge in [-0.3, -0.25) is 4.79 Å². The van der Waals surface area contributed by atoms with Gasteiger partial charge < -0.3 is 19.9 Å². The van der Waals surface area contributed by atoms with E-state index in [0.717, 1.165) is 49.7 Å². The van der Waals surface area contributed by atoms with Crippen molar-refractivity contribution in [3.8, 4) is 5.75 Å². The fraction of sp³-hybridized carbons (Fsp3) is 0.381. The highest BCUT2D eigenvalue weighted by atomic mass is 16.5. The molecule has 26 heavy (non-hydrogen) atoms. The molecule has 5 heteroatoms. The molecule has 2 aromatic rings. The summed E-state index contributed by atoms with van der Waals surface area (Å²) in [5.74, 6) is 1.02. The summed E-state index contributed by atoms with van der Waals surface area (Å²) in [5.41, 5.74) is 3.38. The van der Waals surface area contributed by atoms with Crippen molar-refractivity contribution in [2.24, 2.45) is 0 Å². The minimum Gasteiger partial charge on any atom is -0.495 e. The molecule has 0 saturated carbocycles. The van der Waals surface area contributed by atoms with E-state index >= 15 is 0 Å². The van der Waals surface area contributed by atoms with Crippen LogP contribution >= 0.6 is 0 Å². The second-order valence-electron chi connectivity index (χ2n) is 6.44. The van der Waals surface area contributed by atoms with Crippen LogP contribution in [0.5, 0.6) is 5.75 Å². The number of para-hydroxylation sites is 2. The molecular weight excluding hydrogens is 326 g/mol. The number of aryl methyl sites for hydroxylation is 1. The van der Waals surface area contributed by atoms with E-state index in [-0.39, 0.29) is 5.91 Å². The number of amides is 1. The second kappa shape index (κ2) is 8.61. The van der Waals surface area contributed by atoms with Crippen molar-refractivity contribution in [3.05, 3.63) is 54.1 Å². The fourth-order valence-corrected chi connectivity index (χ4v) is 3.24. The van der Waals surface area contributed by atoms with Crippen LogP contribution in [0.15, 0.2) is 48.5 Å². The SMILES string of the molecule is CCc1ccc(NCC(=O)N2CCN(c3ccccc3OC)CC2)cc1. The molecule has 3 rings (SSSR count). The summed E-state index contributed by atoms with van der Waals surface area (Å²) in [5, 5.41) is 3.23. The molecule has 1 heterocycles. The molecule has 0 bridgehead atoms. The third-order valence-corrected chi connectivity index (χ3v) is 4.86. The summed E-state index contributed by atoms with van der Waals surface area (Å²) in [4.78, 5) is 16.7. The first-order valence-corrected chi connectivity index (χ1v) is 9.20. The Balaban J connectivity index is 1.50. The lowest BCUT2D eigenvalue weighted by Crippen LogP contribution is -2.50. The molecule has 0 aromatic heterocycles. The lowest BCUT2D eigenvalue weighted by Gasteiger charge is -2.36. The highest BCUT2D eigenvalue weighted by molar-refractivity contribution is 5.81. The van der Waals surface area contributed by atoms with Crippen molar-refractivity contribution in [2.45, 2.75) is 13.3 Å². The van der Waals surface area contributed by atoms with Crippen LogP contribution in [0.3, 0.4) is 0 Å². The zero-order valence-electron chi connectivity index (χ0n) is 15.6. The van der Waals surface area contributed by atoms with Crippen LogP contribution in [0.2, 0.25) is 0 Å². The Bertz CT molecular complexity index is 722. The predicted molar refractivity (Wildman–Crippen MR) is 106 cm³/mol. The van der Waals surface area contributed by atoms with Crippen molar-refractivity contribution in [1.82, 2.24) is 4.90 Å². The van der Waals surface area contributed by atoms with Gasteiger partial charge in [0.15, 0.2) is 0 Å². The lowest BCUT2D eigenvalue weighted by molar-refractivity contribution is -0.129. The number of benzene rings is 2. The number of nitrogens with one attached hydrogen (secondary N) is 1. The first kappa shape index (κ1) is 18.1. The first-order chi connectivity index (χ1) is 12.7. The van der Waals surface area contributed by atoms with Gasteiger partial charge >= 0.3 is 0 Å². The van der Waals surface area contributed by atoms with E-state index in [1.54, 1.807) is 7.11 Å². The monoisotopic (exact) mass is 353 g/mol. The average Bonchev–Trinajstić information content (AvgIpc) is 2.72. The molecule has 1 aliphatic rings. The van der Waals surface area contributed by atoms with Crippen LogP contribution in [0.4, 0.5) is 11.4 Å². The zero-order valence-corrected chi connectivity index (χ0v) is 15.6. The molecule has 1 amide bonds. The number of piperazine rings is 1. The Morgan fingerprint density at radius 3 is 2.38 bits per heavy atom. The van der Waals surface area contributed by atoms with Crippen LogP contribution in [0.1, 0.15) is 12.5 Å². The quantitative estimate of drug-likeness (QED) is 0.867. The lowest BCUT2D eigenvalue weighted by atomic mass is 10.1. The number of ether oxygens (including phenoxy) is 1. The van der Waals surface area contributed by atoms with E-state index in [1.807, 2.05) is 35.2 Å². The molecule has 0 spiro atoms. The molecule has 1 saturated heterocycles. The average molecular weight is 353 g/mol. The van der Waals surface area contributed by atoms with Crippen LogP contribution in [-0.2, 0) is 11.2 Å². The number of hydrogen-bond acceptors (Lipinski definition) is 4.